The van der Waals surface area contributed by atoms with Crippen LogP contribution in [-0.2, 0) is 36.9 Å². The number of halogens is 9. The van der Waals surface area contributed by atoms with E-state index in [1.165, 1.54) is 18.0 Å². The molecule has 1 aromatic heterocycles. The zero-order valence-electron chi connectivity index (χ0n) is 26.7. The summed E-state index contributed by atoms with van der Waals surface area (Å²) < 4.78 is 125. The van der Waals surface area contributed by atoms with Crippen molar-refractivity contribution in [3.05, 3.63) is 64.2 Å². The summed E-state index contributed by atoms with van der Waals surface area (Å²) in [6.07, 6.45) is -10.8. The zero-order valence-corrected chi connectivity index (χ0v) is 26.7. The van der Waals surface area contributed by atoms with Crippen molar-refractivity contribution in [1.29, 1.82) is 0 Å². The molecule has 49 heavy (non-hydrogen) atoms. The van der Waals surface area contributed by atoms with Gasteiger partial charge in [-0.2, -0.15) is 44.3 Å². The summed E-state index contributed by atoms with van der Waals surface area (Å²) in [4.78, 5) is 15.9. The molecule has 2 heterocycles. The number of hydrogen-bond donors (Lipinski definition) is 1. The Morgan fingerprint density at radius 1 is 0.878 bits per heavy atom. The maximum Gasteiger partial charge on any atom is 0.416 e. The number of fused-ring (bicyclic) bond motifs is 1. The Kier molecular flexibility index (Phi) is 10.1. The fourth-order valence-electron chi connectivity index (χ4n) is 7.10. The molecular weight excluding hydrogens is 669 g/mol. The van der Waals surface area contributed by atoms with Gasteiger partial charge in [-0.25, -0.2) is 0 Å². The second-order valence-electron chi connectivity index (χ2n) is 12.9. The molecule has 268 valence electrons. The number of anilines is 2. The Morgan fingerprint density at radius 2 is 1.47 bits per heavy atom. The number of aryl methyl sites for hydroxylation is 1. The third kappa shape index (κ3) is 8.40. The topological polar surface area (TPSA) is 93.2 Å². The van der Waals surface area contributed by atoms with Crippen molar-refractivity contribution in [2.45, 2.75) is 89.0 Å². The molecule has 0 spiro atoms. The van der Waals surface area contributed by atoms with E-state index in [2.05, 4.69) is 20.3 Å². The van der Waals surface area contributed by atoms with Crippen LogP contribution in [-0.4, -0.2) is 38.7 Å². The van der Waals surface area contributed by atoms with Crippen LogP contribution in [0.3, 0.4) is 0 Å². The molecule has 2 aromatic carbocycles. The molecule has 2 atom stereocenters. The number of nitrogens with zero attached hydrogens (tertiary/aromatic N) is 6. The van der Waals surface area contributed by atoms with Gasteiger partial charge in [-0.15, -0.1) is 5.10 Å². The van der Waals surface area contributed by atoms with Crippen LogP contribution in [0.1, 0.15) is 85.7 Å². The van der Waals surface area contributed by atoms with Crippen LogP contribution in [0.4, 0.5) is 51.1 Å². The van der Waals surface area contributed by atoms with Crippen molar-refractivity contribution in [1.82, 2.24) is 20.2 Å². The van der Waals surface area contributed by atoms with Crippen LogP contribution in [0.15, 0.2) is 36.4 Å². The fraction of sp³-hybridized carbons (Fsp3) is 0.562. The Bertz CT molecular complexity index is 1600. The van der Waals surface area contributed by atoms with Gasteiger partial charge in [0, 0.05) is 31.2 Å². The van der Waals surface area contributed by atoms with Crippen LogP contribution in [0.2, 0.25) is 0 Å². The Labute approximate surface area is 276 Å². The van der Waals surface area contributed by atoms with Gasteiger partial charge in [0.05, 0.1) is 29.8 Å². The van der Waals surface area contributed by atoms with Gasteiger partial charge >= 0.3 is 18.5 Å². The number of alkyl halides is 9. The molecule has 17 heteroatoms. The number of benzene rings is 2. The molecule has 0 saturated heterocycles. The highest BCUT2D eigenvalue weighted by Gasteiger charge is 2.42. The highest BCUT2D eigenvalue weighted by Crippen LogP contribution is 2.47. The molecule has 5 rings (SSSR count). The predicted octanol–water partition coefficient (Wildman–Crippen LogP) is 7.68. The Hall–Kier alpha value is -4.05. The molecule has 1 fully saturated rings. The minimum absolute atomic E-state index is 0.0201. The summed E-state index contributed by atoms with van der Waals surface area (Å²) in [5.41, 5.74) is 1.67. The molecule has 3 aromatic rings. The van der Waals surface area contributed by atoms with Crippen LogP contribution in [0, 0.1) is 11.8 Å². The molecule has 0 bridgehead atoms. The number of primary amides is 1. The van der Waals surface area contributed by atoms with Crippen molar-refractivity contribution < 1.29 is 44.3 Å². The van der Waals surface area contributed by atoms with Gasteiger partial charge in [0.15, 0.2) is 0 Å². The largest absolute Gasteiger partial charge is 0.416 e. The first kappa shape index (κ1) is 36.2. The summed E-state index contributed by atoms with van der Waals surface area (Å²) >= 11 is 0. The lowest BCUT2D eigenvalue weighted by Gasteiger charge is -2.47. The number of tetrazole rings is 1. The first-order valence-corrected chi connectivity index (χ1v) is 15.9. The van der Waals surface area contributed by atoms with Gasteiger partial charge in [0.1, 0.15) is 0 Å². The third-order valence-electron chi connectivity index (χ3n) is 9.47. The second kappa shape index (κ2) is 13.7. The first-order chi connectivity index (χ1) is 22.8. The minimum atomic E-state index is -5.10. The normalized spacial score (nSPS) is 21.8. The predicted molar refractivity (Wildman–Crippen MR) is 161 cm³/mol. The van der Waals surface area contributed by atoms with Crippen molar-refractivity contribution in [2.75, 3.05) is 16.3 Å². The van der Waals surface area contributed by atoms with Gasteiger partial charge < -0.3 is 15.5 Å². The highest BCUT2D eigenvalue weighted by molar-refractivity contribution is 5.74. The number of hydrogen-bond acceptors (Lipinski definition) is 6. The molecule has 2 unspecified atom stereocenters. The smallest absolute Gasteiger partial charge is 0.370 e. The molecule has 1 aliphatic carbocycles. The van der Waals surface area contributed by atoms with Gasteiger partial charge in [0.2, 0.25) is 5.91 Å². The van der Waals surface area contributed by atoms with E-state index < -0.39 is 47.8 Å². The average Bonchev–Trinajstić information content (AvgIpc) is 3.45. The van der Waals surface area contributed by atoms with Crippen molar-refractivity contribution >= 4 is 17.5 Å². The van der Waals surface area contributed by atoms with E-state index in [1.807, 2.05) is 6.92 Å². The summed E-state index contributed by atoms with van der Waals surface area (Å²) in [6, 6.07) is 3.30. The van der Waals surface area contributed by atoms with Crippen molar-refractivity contribution in [2.24, 2.45) is 24.6 Å². The van der Waals surface area contributed by atoms with E-state index in [0.29, 0.717) is 37.2 Å². The Morgan fingerprint density at radius 3 is 1.98 bits per heavy atom. The van der Waals surface area contributed by atoms with Crippen LogP contribution in [0.25, 0.3) is 0 Å². The molecule has 1 aliphatic heterocycles. The van der Waals surface area contributed by atoms with E-state index in [4.69, 9.17) is 5.73 Å². The summed E-state index contributed by atoms with van der Waals surface area (Å²) in [5, 5.41) is 11.9. The number of carbonyl (C=O) groups is 1. The number of nitrogens with two attached hydrogens (primary N) is 1. The van der Waals surface area contributed by atoms with Crippen LogP contribution < -0.4 is 15.5 Å². The number of aromatic nitrogens is 4. The molecule has 8 nitrogen and oxygen atoms in total. The second-order valence-corrected chi connectivity index (χ2v) is 12.9. The highest BCUT2D eigenvalue weighted by atomic mass is 19.4. The Balaban J connectivity index is 1.58. The number of carbonyl (C=O) groups excluding carboxylic acids is 1. The van der Waals surface area contributed by atoms with Gasteiger partial charge in [-0.3, -0.25) is 4.79 Å². The minimum Gasteiger partial charge on any atom is -0.370 e. The lowest BCUT2D eigenvalue weighted by Crippen LogP contribution is -2.47. The fourth-order valence-corrected chi connectivity index (χ4v) is 7.10. The van der Waals surface area contributed by atoms with Gasteiger partial charge in [-0.1, -0.05) is 12.0 Å². The summed E-state index contributed by atoms with van der Waals surface area (Å²) in [5.74, 6) is -0.191. The molecule has 1 saturated carbocycles. The number of rotatable bonds is 9. The zero-order chi connectivity index (χ0) is 35.9. The van der Waals surface area contributed by atoms with Gasteiger partial charge in [-0.05, 0) is 103 Å². The van der Waals surface area contributed by atoms with E-state index in [-0.39, 0.29) is 53.3 Å². The standard InChI is InChI=1S/C32H36F9N7O/c1-3-24-15-27(48(29-43-45-46(2)44-29)17-20-10-22(31(36,37)38)13-23(11-20)32(39,40)41)25-14-21(30(33,34)35)8-9-26(25)47(24)16-19-6-4-18(5-7-19)12-28(42)49/h8-11,13-14,18-19,24,27H,3-7,12,15-17H2,1-2H3,(H2,42,49). The summed E-state index contributed by atoms with van der Waals surface area (Å²) in [6.45, 7) is 1.83. The maximum atomic E-state index is 14.1. The molecular formula is C32H36F9N7O. The van der Waals surface area contributed by atoms with E-state index in [0.717, 1.165) is 42.6 Å². The molecule has 2 aliphatic rings. The first-order valence-electron chi connectivity index (χ1n) is 15.9. The quantitative estimate of drug-likeness (QED) is 0.230. The molecule has 0 radical (unpaired) electrons. The monoisotopic (exact) mass is 705 g/mol. The molecule has 2 N–H and O–H groups in total. The van der Waals surface area contributed by atoms with E-state index in [9.17, 15) is 44.3 Å². The average molecular weight is 706 g/mol. The number of amides is 1. The lowest BCUT2D eigenvalue weighted by atomic mass is 9.79. The lowest BCUT2D eigenvalue weighted by molar-refractivity contribution is -0.143. The van der Waals surface area contributed by atoms with Gasteiger partial charge in [0.25, 0.3) is 5.95 Å². The van der Waals surface area contributed by atoms with Crippen molar-refractivity contribution in [3.8, 4) is 0 Å². The van der Waals surface area contributed by atoms with Crippen LogP contribution in [0.5, 0.6) is 0 Å². The molecule has 1 amide bonds. The summed E-state index contributed by atoms with van der Waals surface area (Å²) in [7, 11) is 1.41. The van der Waals surface area contributed by atoms with Crippen molar-refractivity contribution in [3.63, 3.8) is 0 Å². The SMILES string of the molecule is CCC1CC(N(Cc2cc(C(F)(F)F)cc(C(F)(F)F)c2)c2nnn(C)n2)c2cc(C(F)(F)F)ccc2N1CC1CCC(CC(N)=O)CC1. The maximum absolute atomic E-state index is 14.1. The van der Waals surface area contributed by atoms with E-state index in [1.54, 1.807) is 0 Å². The van der Waals surface area contributed by atoms with Crippen LogP contribution >= 0.6 is 0 Å². The third-order valence-corrected chi connectivity index (χ3v) is 9.47. The van der Waals surface area contributed by atoms with E-state index >= 15 is 0 Å².